The van der Waals surface area contributed by atoms with Gasteiger partial charge in [0.15, 0.2) is 0 Å². The highest BCUT2D eigenvalue weighted by Crippen LogP contribution is 2.28. The van der Waals surface area contributed by atoms with Crippen molar-refractivity contribution in [3.63, 3.8) is 0 Å². The van der Waals surface area contributed by atoms with Gasteiger partial charge in [0, 0.05) is 12.6 Å². The Morgan fingerprint density at radius 1 is 1.12 bits per heavy atom. The van der Waals surface area contributed by atoms with Crippen LogP contribution in [0.2, 0.25) is 0 Å². The second kappa shape index (κ2) is 8.34. The largest absolute Gasteiger partial charge is 0.488 e. The minimum atomic E-state index is -0.927. The van der Waals surface area contributed by atoms with Crippen LogP contribution in [0.15, 0.2) is 54.6 Å². The minimum absolute atomic E-state index is 0.0701. The molecule has 0 saturated heterocycles. The Morgan fingerprint density at radius 3 is 2.54 bits per heavy atom. The summed E-state index contributed by atoms with van der Waals surface area (Å²) in [4.78, 5) is 13.4. The number of carbonyl (C=O) groups is 1. The number of rotatable bonds is 6. The number of carboxylic acids is 1. The number of para-hydroxylation sites is 1. The number of benzene rings is 2. The summed E-state index contributed by atoms with van der Waals surface area (Å²) in [6.07, 6.45) is 1.76. The molecule has 5 nitrogen and oxygen atoms in total. The highest BCUT2D eigenvalue weighted by molar-refractivity contribution is 5.89. The number of aliphatic hydroxyl groups is 1. The second-order valence-electron chi connectivity index (χ2n) is 6.84. The zero-order valence-corrected chi connectivity index (χ0v) is 14.9. The monoisotopic (exact) mass is 355 g/mol. The summed E-state index contributed by atoms with van der Waals surface area (Å²) in [6.45, 7) is 0.474. The van der Waals surface area contributed by atoms with E-state index in [0.717, 1.165) is 30.6 Å². The Morgan fingerprint density at radius 2 is 1.81 bits per heavy atom. The van der Waals surface area contributed by atoms with Gasteiger partial charge >= 0.3 is 5.97 Å². The quantitative estimate of drug-likeness (QED) is 0.833. The number of likely N-dealkylation sites (N-methyl/N-ethyl adjacent to an activating group) is 1. The first-order valence-corrected chi connectivity index (χ1v) is 8.97. The average molecular weight is 355 g/mol. The van der Waals surface area contributed by atoms with Gasteiger partial charge in [-0.05, 0) is 50.1 Å². The summed E-state index contributed by atoms with van der Waals surface area (Å²) in [6, 6.07) is 16.5. The number of ether oxygens (including phenoxy) is 1. The summed E-state index contributed by atoms with van der Waals surface area (Å²) < 4.78 is 5.99. The Kier molecular flexibility index (Phi) is 5.91. The zero-order chi connectivity index (χ0) is 18.5. The molecule has 2 N–H and O–H groups in total. The van der Waals surface area contributed by atoms with Crippen molar-refractivity contribution in [3.05, 3.63) is 65.7 Å². The van der Waals surface area contributed by atoms with Crippen LogP contribution in [0.3, 0.4) is 0 Å². The van der Waals surface area contributed by atoms with Crippen LogP contribution in [0.1, 0.15) is 35.2 Å². The first-order valence-electron chi connectivity index (χ1n) is 8.97. The molecule has 1 fully saturated rings. The molecule has 1 aliphatic rings. The number of aliphatic hydroxyl groups excluding tert-OH is 1. The summed E-state index contributed by atoms with van der Waals surface area (Å²) in [5.74, 6) is -0.167. The third kappa shape index (κ3) is 4.23. The van der Waals surface area contributed by atoms with E-state index in [1.165, 1.54) is 0 Å². The van der Waals surface area contributed by atoms with Crippen molar-refractivity contribution in [2.24, 2.45) is 0 Å². The van der Waals surface area contributed by atoms with Crippen LogP contribution in [0.25, 0.3) is 0 Å². The Balaban J connectivity index is 1.69. The van der Waals surface area contributed by atoms with Crippen LogP contribution in [-0.4, -0.2) is 46.4 Å². The predicted octanol–water partition coefficient (Wildman–Crippen LogP) is 3.18. The molecule has 1 aliphatic carbocycles. The molecular formula is C21H25NO4. The molecule has 0 radical (unpaired) electrons. The predicted molar refractivity (Wildman–Crippen MR) is 99.4 cm³/mol. The van der Waals surface area contributed by atoms with Crippen molar-refractivity contribution < 1.29 is 19.7 Å². The van der Waals surface area contributed by atoms with Crippen molar-refractivity contribution in [2.75, 3.05) is 7.05 Å². The summed E-state index contributed by atoms with van der Waals surface area (Å²) in [5.41, 5.74) is 1.06. The van der Waals surface area contributed by atoms with Crippen LogP contribution in [0.4, 0.5) is 0 Å². The molecule has 138 valence electrons. The molecule has 0 spiro atoms. The van der Waals surface area contributed by atoms with Gasteiger partial charge in [-0.25, -0.2) is 4.79 Å². The lowest BCUT2D eigenvalue weighted by molar-refractivity contribution is -0.0492. The van der Waals surface area contributed by atoms with Crippen molar-refractivity contribution >= 4 is 5.97 Å². The standard InChI is InChI=1S/C21H25NO4/c1-22(14-15-8-5-6-11-17(15)21(24)25)18-12-7-13-19(20(18)23)26-16-9-3-2-4-10-16/h2-6,8-11,18-20,23H,7,12-14H2,1H3,(H,24,25)/t18-,19+,20+/m1/s1. The maximum atomic E-state index is 11.4. The molecule has 1 saturated carbocycles. The van der Waals surface area contributed by atoms with Gasteiger partial charge in [-0.2, -0.15) is 0 Å². The molecule has 0 bridgehead atoms. The molecule has 0 aliphatic heterocycles. The molecule has 0 unspecified atom stereocenters. The van der Waals surface area contributed by atoms with Crippen LogP contribution < -0.4 is 4.74 Å². The number of hydrogen-bond acceptors (Lipinski definition) is 4. The van der Waals surface area contributed by atoms with E-state index in [4.69, 9.17) is 4.74 Å². The van der Waals surface area contributed by atoms with Gasteiger partial charge in [0.1, 0.15) is 18.0 Å². The highest BCUT2D eigenvalue weighted by Gasteiger charge is 2.35. The topological polar surface area (TPSA) is 70.0 Å². The van der Waals surface area contributed by atoms with Crippen molar-refractivity contribution in [1.82, 2.24) is 4.90 Å². The minimum Gasteiger partial charge on any atom is -0.488 e. The van der Waals surface area contributed by atoms with Crippen molar-refractivity contribution in [3.8, 4) is 5.75 Å². The average Bonchev–Trinajstić information content (AvgIpc) is 2.64. The summed E-state index contributed by atoms with van der Waals surface area (Å²) in [5, 5.41) is 20.2. The highest BCUT2D eigenvalue weighted by atomic mass is 16.5. The van der Waals surface area contributed by atoms with E-state index in [9.17, 15) is 15.0 Å². The maximum absolute atomic E-state index is 11.4. The van der Waals surface area contributed by atoms with Gasteiger partial charge in [0.2, 0.25) is 0 Å². The lowest BCUT2D eigenvalue weighted by Gasteiger charge is -2.39. The zero-order valence-electron chi connectivity index (χ0n) is 14.9. The number of aromatic carboxylic acids is 1. The van der Waals surface area contributed by atoms with Gasteiger partial charge in [0.25, 0.3) is 0 Å². The second-order valence-corrected chi connectivity index (χ2v) is 6.84. The molecule has 0 aromatic heterocycles. The molecular weight excluding hydrogens is 330 g/mol. The van der Waals surface area contributed by atoms with Crippen LogP contribution in [0.5, 0.6) is 5.75 Å². The first kappa shape index (κ1) is 18.4. The van der Waals surface area contributed by atoms with Crippen LogP contribution in [0, 0.1) is 0 Å². The maximum Gasteiger partial charge on any atom is 0.336 e. The van der Waals surface area contributed by atoms with E-state index in [1.54, 1.807) is 12.1 Å². The van der Waals surface area contributed by atoms with Gasteiger partial charge in [0.05, 0.1) is 5.56 Å². The molecule has 2 aromatic rings. The van der Waals surface area contributed by atoms with Gasteiger partial charge in [-0.3, -0.25) is 4.90 Å². The SMILES string of the molecule is CN(Cc1ccccc1C(=O)O)[C@@H]1CCC[C@H](Oc2ccccc2)[C@H]1O. The molecule has 2 aromatic carbocycles. The lowest BCUT2D eigenvalue weighted by Crippen LogP contribution is -2.51. The first-order chi connectivity index (χ1) is 12.6. The molecule has 26 heavy (non-hydrogen) atoms. The van der Waals surface area contributed by atoms with E-state index in [-0.39, 0.29) is 12.1 Å². The van der Waals surface area contributed by atoms with Gasteiger partial charge in [-0.15, -0.1) is 0 Å². The normalized spacial score (nSPS) is 23.0. The number of hydrogen-bond donors (Lipinski definition) is 2. The lowest BCUT2D eigenvalue weighted by atomic mass is 9.88. The van der Waals surface area contributed by atoms with Crippen molar-refractivity contribution in [1.29, 1.82) is 0 Å². The number of carboxylic acid groups (broad SMARTS) is 1. The molecule has 3 rings (SSSR count). The summed E-state index contributed by atoms with van der Waals surface area (Å²) >= 11 is 0. The van der Waals surface area contributed by atoms with E-state index in [2.05, 4.69) is 0 Å². The Labute approximate surface area is 153 Å². The Bertz CT molecular complexity index is 734. The van der Waals surface area contributed by atoms with Crippen LogP contribution in [-0.2, 0) is 6.54 Å². The van der Waals surface area contributed by atoms with Gasteiger partial charge in [-0.1, -0.05) is 36.4 Å². The van der Waals surface area contributed by atoms with Crippen LogP contribution >= 0.6 is 0 Å². The fourth-order valence-corrected chi connectivity index (χ4v) is 3.65. The van der Waals surface area contributed by atoms with E-state index >= 15 is 0 Å². The molecule has 3 atom stereocenters. The Hall–Kier alpha value is -2.37. The molecule has 5 heteroatoms. The van der Waals surface area contributed by atoms with Crippen molar-refractivity contribution in [2.45, 2.75) is 44.1 Å². The molecule has 0 amide bonds. The fraction of sp³-hybridized carbons (Fsp3) is 0.381. The van der Waals surface area contributed by atoms with E-state index in [0.29, 0.717) is 12.1 Å². The third-order valence-electron chi connectivity index (χ3n) is 5.03. The third-order valence-corrected chi connectivity index (χ3v) is 5.03. The fourth-order valence-electron chi connectivity index (χ4n) is 3.65. The molecule has 0 heterocycles. The van der Waals surface area contributed by atoms with E-state index in [1.807, 2.05) is 54.4 Å². The van der Waals surface area contributed by atoms with E-state index < -0.39 is 12.1 Å². The smallest absolute Gasteiger partial charge is 0.336 e. The number of nitrogens with zero attached hydrogens (tertiary/aromatic N) is 1. The van der Waals surface area contributed by atoms with Gasteiger partial charge < -0.3 is 14.9 Å². The summed E-state index contributed by atoms with van der Waals surface area (Å²) in [7, 11) is 1.93.